The largest absolute Gasteiger partial charge is 0.512 e. The van der Waals surface area contributed by atoms with Crippen molar-refractivity contribution in [2.75, 3.05) is 0 Å². The minimum absolute atomic E-state index is 0. The minimum atomic E-state index is -0.0000928. The van der Waals surface area contributed by atoms with Crippen LogP contribution in [0.4, 0.5) is 0 Å². The summed E-state index contributed by atoms with van der Waals surface area (Å²) in [5.74, 6) is 0.547. The molecule has 0 bridgehead atoms. The van der Waals surface area contributed by atoms with Gasteiger partial charge in [-0.1, -0.05) is 117 Å². The Morgan fingerprint density at radius 1 is 0.863 bits per heavy atom. The first-order valence-corrected chi connectivity index (χ1v) is 18.8. The quantitative estimate of drug-likeness (QED) is 0.0959. The second kappa shape index (κ2) is 15.8. The summed E-state index contributed by atoms with van der Waals surface area (Å²) >= 11 is 0. The van der Waals surface area contributed by atoms with Crippen LogP contribution in [0.15, 0.2) is 71.0 Å². The number of hydrogen-bond donors (Lipinski definition) is 1. The molecule has 4 nitrogen and oxygen atoms in total. The summed E-state index contributed by atoms with van der Waals surface area (Å²) in [5, 5.41) is 14.4. The van der Waals surface area contributed by atoms with E-state index in [9.17, 15) is 9.90 Å². The Morgan fingerprint density at radius 2 is 1.47 bits per heavy atom. The third-order valence-corrected chi connectivity index (χ3v) is 11.3. The zero-order valence-corrected chi connectivity index (χ0v) is 35.1. The van der Waals surface area contributed by atoms with E-state index in [4.69, 9.17) is 9.40 Å². The number of carbonyl (C=O) groups is 1. The molecule has 0 saturated heterocycles. The number of ketones is 1. The second-order valence-electron chi connectivity index (χ2n) is 16.7. The molecule has 1 radical (unpaired) electrons. The van der Waals surface area contributed by atoms with Gasteiger partial charge in [-0.2, -0.15) is 0 Å². The molecule has 0 amide bonds. The Morgan fingerprint density at radius 3 is 2.10 bits per heavy atom. The van der Waals surface area contributed by atoms with Crippen molar-refractivity contribution in [3.8, 4) is 11.3 Å². The average Bonchev–Trinajstić information content (AvgIpc) is 3.46. The van der Waals surface area contributed by atoms with E-state index in [1.807, 2.05) is 33.9 Å². The predicted molar refractivity (Wildman–Crippen MR) is 211 cm³/mol. The molecule has 5 heteroatoms. The van der Waals surface area contributed by atoms with Crippen LogP contribution in [0.5, 0.6) is 0 Å². The van der Waals surface area contributed by atoms with Gasteiger partial charge < -0.3 is 9.52 Å². The molecule has 0 unspecified atom stereocenters. The summed E-state index contributed by atoms with van der Waals surface area (Å²) in [5.41, 5.74) is 8.06. The number of aliphatic hydroxyl groups excluding tert-OH is 1. The van der Waals surface area contributed by atoms with Gasteiger partial charge in [0, 0.05) is 66.2 Å². The Labute approximate surface area is 319 Å². The fourth-order valence-electron chi connectivity index (χ4n) is 7.84. The number of fused-ring (bicyclic) bond motifs is 6. The van der Waals surface area contributed by atoms with Crippen molar-refractivity contribution >= 4 is 38.5 Å². The first-order valence-electron chi connectivity index (χ1n) is 18.8. The average molecular weight is 865 g/mol. The summed E-state index contributed by atoms with van der Waals surface area (Å²) in [7, 11) is 0. The van der Waals surface area contributed by atoms with Gasteiger partial charge in [-0.15, -0.1) is 29.1 Å². The van der Waals surface area contributed by atoms with Gasteiger partial charge in [0.05, 0.1) is 5.76 Å². The smallest absolute Gasteiger partial charge is 0.162 e. The molecule has 0 fully saturated rings. The van der Waals surface area contributed by atoms with Crippen LogP contribution < -0.4 is 0 Å². The monoisotopic (exact) mass is 865 g/mol. The van der Waals surface area contributed by atoms with Crippen LogP contribution in [-0.2, 0) is 41.1 Å². The van der Waals surface area contributed by atoms with Gasteiger partial charge in [-0.05, 0) is 66.4 Å². The molecular formula is C46H58IrNO3-. The molecule has 2 aromatic heterocycles. The first-order chi connectivity index (χ1) is 23.6. The summed E-state index contributed by atoms with van der Waals surface area (Å²) in [6, 6.07) is 21.2. The maximum Gasteiger partial charge on any atom is 0.162 e. The van der Waals surface area contributed by atoms with Crippen LogP contribution in [0.1, 0.15) is 131 Å². The van der Waals surface area contributed by atoms with Gasteiger partial charge in [0.1, 0.15) is 11.2 Å². The van der Waals surface area contributed by atoms with Crippen LogP contribution in [0.25, 0.3) is 44.0 Å². The van der Waals surface area contributed by atoms with Crippen LogP contribution in [0.2, 0.25) is 0 Å². The van der Waals surface area contributed by atoms with Crippen molar-refractivity contribution in [3.05, 3.63) is 89.3 Å². The Hall–Kier alpha value is -3.27. The van der Waals surface area contributed by atoms with E-state index in [1.54, 1.807) is 0 Å². The number of carbonyl (C=O) groups excluding carboxylic acids is 1. The normalized spacial score (nSPS) is 15.5. The minimum Gasteiger partial charge on any atom is -0.512 e. The predicted octanol–water partition coefficient (Wildman–Crippen LogP) is 13.1. The molecule has 2 heterocycles. The fraction of sp³-hybridized carbons (Fsp3) is 0.478. The van der Waals surface area contributed by atoms with Crippen LogP contribution in [0, 0.1) is 17.9 Å². The molecule has 0 spiro atoms. The van der Waals surface area contributed by atoms with Gasteiger partial charge in [0.15, 0.2) is 5.78 Å². The van der Waals surface area contributed by atoms with Crippen molar-refractivity contribution in [1.29, 1.82) is 0 Å². The standard InChI is InChI=1S/C33H34NO.C13H24O2.Ir/c1-31(2,3)26-19-21(18-20-10-8-9-11-22(20)26)28-30-24(14-17-34-28)23-12-13-25-27(29(23)35-30)33(6,7)16-15-32(25,4)5;1-5-10(6-2)12(14)9-13(15)11(7-3)8-4;/h8-14,17,19H,15-16H2,1-7H3;9-11,14H,5-8H2,1-4H3;/q-1;;/b;12-9-;. The van der Waals surface area contributed by atoms with E-state index < -0.39 is 0 Å². The van der Waals surface area contributed by atoms with Gasteiger partial charge in [0.25, 0.3) is 0 Å². The van der Waals surface area contributed by atoms with Crippen molar-refractivity contribution < 1.29 is 34.4 Å². The van der Waals surface area contributed by atoms with Crippen LogP contribution >= 0.6 is 0 Å². The molecule has 6 rings (SSSR count). The molecule has 5 aromatic rings. The molecule has 1 aliphatic carbocycles. The fourth-order valence-corrected chi connectivity index (χ4v) is 7.84. The Bertz CT molecular complexity index is 2030. The Balaban J connectivity index is 0.000000312. The van der Waals surface area contributed by atoms with Gasteiger partial charge in [0.2, 0.25) is 0 Å². The van der Waals surface area contributed by atoms with E-state index in [-0.39, 0.29) is 59.7 Å². The number of nitrogens with zero attached hydrogens (tertiary/aromatic N) is 1. The number of allylic oxidation sites excluding steroid dienone is 2. The molecule has 0 aliphatic heterocycles. The van der Waals surface area contributed by atoms with E-state index in [0.29, 0.717) is 0 Å². The van der Waals surface area contributed by atoms with Crippen molar-refractivity contribution in [3.63, 3.8) is 0 Å². The van der Waals surface area contributed by atoms with Crippen molar-refractivity contribution in [2.24, 2.45) is 11.8 Å². The summed E-state index contributed by atoms with van der Waals surface area (Å²) < 4.78 is 6.82. The maximum absolute atomic E-state index is 11.7. The van der Waals surface area contributed by atoms with Crippen molar-refractivity contribution in [2.45, 2.75) is 131 Å². The number of benzene rings is 3. The number of pyridine rings is 1. The molecule has 3 aromatic carbocycles. The molecule has 0 saturated carbocycles. The number of hydrogen-bond acceptors (Lipinski definition) is 4. The van der Waals surface area contributed by atoms with Crippen LogP contribution in [-0.4, -0.2) is 15.9 Å². The maximum atomic E-state index is 11.7. The molecule has 51 heavy (non-hydrogen) atoms. The summed E-state index contributed by atoms with van der Waals surface area (Å²) in [4.78, 5) is 16.6. The number of aliphatic hydroxyl groups is 1. The van der Waals surface area contributed by atoms with Gasteiger partial charge >= 0.3 is 0 Å². The SMILES string of the molecule is CC(C)(C)c1cc(-c2nccc3c2oc2c4c(ccc23)C(C)(C)CCC4(C)C)[c-]c2ccccc12.CCC(CC)C(=O)/C=C(\O)C(CC)CC.[Ir]. The zero-order chi connectivity index (χ0) is 36.6. The third-order valence-electron chi connectivity index (χ3n) is 11.3. The van der Waals surface area contributed by atoms with E-state index in [1.165, 1.54) is 40.0 Å². The molecular weight excluding hydrogens is 807 g/mol. The van der Waals surface area contributed by atoms with E-state index >= 15 is 0 Å². The molecule has 275 valence electrons. The Kier molecular flexibility index (Phi) is 12.5. The van der Waals surface area contributed by atoms with Crippen molar-refractivity contribution in [1.82, 2.24) is 4.98 Å². The zero-order valence-electron chi connectivity index (χ0n) is 32.7. The number of rotatable bonds is 8. The summed E-state index contributed by atoms with van der Waals surface area (Å²) in [6.45, 7) is 24.3. The van der Waals surface area contributed by atoms with E-state index in [2.05, 4.69) is 103 Å². The molecule has 0 atom stereocenters. The summed E-state index contributed by atoms with van der Waals surface area (Å²) in [6.07, 6.45) is 9.17. The topological polar surface area (TPSA) is 63.3 Å². The van der Waals surface area contributed by atoms with Gasteiger partial charge in [-0.3, -0.25) is 9.78 Å². The van der Waals surface area contributed by atoms with E-state index in [0.717, 1.165) is 65.3 Å². The van der Waals surface area contributed by atoms with Gasteiger partial charge in [-0.25, -0.2) is 0 Å². The second-order valence-corrected chi connectivity index (χ2v) is 16.7. The molecule has 1 N–H and O–H groups in total. The number of furan rings is 1. The number of aromatic nitrogens is 1. The van der Waals surface area contributed by atoms with Crippen LogP contribution in [0.3, 0.4) is 0 Å². The third kappa shape index (κ3) is 8.06. The first kappa shape index (κ1) is 40.5. The molecule has 1 aliphatic rings.